The van der Waals surface area contributed by atoms with Gasteiger partial charge in [-0.05, 0) is 36.5 Å². The zero-order chi connectivity index (χ0) is 17.6. The Labute approximate surface area is 148 Å². The van der Waals surface area contributed by atoms with Gasteiger partial charge in [0.25, 0.3) is 5.91 Å². The van der Waals surface area contributed by atoms with Crippen molar-refractivity contribution >= 4 is 11.6 Å². The third-order valence-corrected chi connectivity index (χ3v) is 4.78. The summed E-state index contributed by atoms with van der Waals surface area (Å²) in [6, 6.07) is 7.88. The van der Waals surface area contributed by atoms with Gasteiger partial charge in [0.05, 0.1) is 19.4 Å². The topological polar surface area (TPSA) is 60.4 Å². The Morgan fingerprint density at radius 3 is 3.08 bits per heavy atom. The van der Waals surface area contributed by atoms with Gasteiger partial charge in [-0.2, -0.15) is 0 Å². The third kappa shape index (κ3) is 4.51. The van der Waals surface area contributed by atoms with Crippen molar-refractivity contribution in [2.24, 2.45) is 11.1 Å². The maximum Gasteiger partial charge on any atom is 0.266 e. The van der Waals surface area contributed by atoms with Crippen molar-refractivity contribution in [3.63, 3.8) is 0 Å². The summed E-state index contributed by atoms with van der Waals surface area (Å²) in [6.07, 6.45) is 2.88. The van der Waals surface area contributed by atoms with Crippen LogP contribution < -0.4 is 4.74 Å². The van der Waals surface area contributed by atoms with Crippen LogP contribution in [0.1, 0.15) is 24.8 Å². The molecule has 1 fully saturated rings. The molecule has 136 valence electrons. The first-order chi connectivity index (χ1) is 12.2. The number of hydrogen-bond donors (Lipinski definition) is 0. The van der Waals surface area contributed by atoms with Gasteiger partial charge in [-0.15, -0.1) is 0 Å². The summed E-state index contributed by atoms with van der Waals surface area (Å²) < 4.78 is 10.5. The van der Waals surface area contributed by atoms with Gasteiger partial charge in [0.15, 0.2) is 0 Å². The van der Waals surface area contributed by atoms with Crippen LogP contribution in [0.5, 0.6) is 5.75 Å². The third-order valence-electron chi connectivity index (χ3n) is 4.78. The number of rotatable bonds is 6. The molecule has 2 aliphatic rings. The summed E-state index contributed by atoms with van der Waals surface area (Å²) in [5, 5.41) is 4.14. The number of piperidine rings is 1. The van der Waals surface area contributed by atoms with Crippen molar-refractivity contribution in [1.29, 1.82) is 0 Å². The summed E-state index contributed by atoms with van der Waals surface area (Å²) in [5.41, 5.74) is 2.00. The van der Waals surface area contributed by atoms with E-state index in [1.807, 2.05) is 29.2 Å². The first-order valence-electron chi connectivity index (χ1n) is 8.82. The lowest BCUT2D eigenvalue weighted by molar-refractivity contribution is -0.144. The van der Waals surface area contributed by atoms with E-state index >= 15 is 0 Å². The van der Waals surface area contributed by atoms with E-state index in [2.05, 4.69) is 5.16 Å². The van der Waals surface area contributed by atoms with Crippen LogP contribution >= 0.6 is 0 Å². The number of ether oxygens (including phenoxy) is 2. The van der Waals surface area contributed by atoms with Gasteiger partial charge in [0.1, 0.15) is 5.75 Å². The molecule has 0 spiro atoms. The van der Waals surface area contributed by atoms with E-state index in [-0.39, 0.29) is 5.91 Å². The van der Waals surface area contributed by atoms with Gasteiger partial charge in [-0.3, -0.25) is 4.79 Å². The molecule has 6 nitrogen and oxygen atoms in total. The Morgan fingerprint density at radius 2 is 2.28 bits per heavy atom. The molecule has 25 heavy (non-hydrogen) atoms. The number of hydrogen-bond acceptors (Lipinski definition) is 5. The Morgan fingerprint density at radius 1 is 1.40 bits per heavy atom. The van der Waals surface area contributed by atoms with E-state index in [9.17, 15) is 4.79 Å². The smallest absolute Gasteiger partial charge is 0.266 e. The number of methoxy groups -OCH3 is 2. The van der Waals surface area contributed by atoms with Crippen LogP contribution in [0.15, 0.2) is 29.4 Å². The van der Waals surface area contributed by atoms with E-state index in [1.165, 1.54) is 0 Å². The second-order valence-electron chi connectivity index (χ2n) is 6.73. The quantitative estimate of drug-likeness (QED) is 0.793. The number of benzene rings is 1. The van der Waals surface area contributed by atoms with Gasteiger partial charge in [0, 0.05) is 33.0 Å². The van der Waals surface area contributed by atoms with Crippen LogP contribution in [0.3, 0.4) is 0 Å². The van der Waals surface area contributed by atoms with Gasteiger partial charge >= 0.3 is 0 Å². The van der Waals surface area contributed by atoms with E-state index in [0.717, 1.165) is 43.0 Å². The fourth-order valence-corrected chi connectivity index (χ4v) is 3.52. The van der Waals surface area contributed by atoms with E-state index < -0.39 is 6.10 Å². The molecular weight excluding hydrogens is 320 g/mol. The fourth-order valence-electron chi connectivity index (χ4n) is 3.52. The molecule has 1 saturated heterocycles. The van der Waals surface area contributed by atoms with Crippen molar-refractivity contribution in [3.8, 4) is 5.75 Å². The van der Waals surface area contributed by atoms with Crippen molar-refractivity contribution in [1.82, 2.24) is 4.90 Å². The summed E-state index contributed by atoms with van der Waals surface area (Å²) in [4.78, 5) is 20.1. The minimum Gasteiger partial charge on any atom is -0.497 e. The summed E-state index contributed by atoms with van der Waals surface area (Å²) in [7, 11) is 3.36. The predicted octanol–water partition coefficient (Wildman–Crippen LogP) is 2.27. The molecule has 0 aliphatic carbocycles. The Hall–Kier alpha value is -2.08. The monoisotopic (exact) mass is 346 g/mol. The number of carbonyl (C=O) groups is 1. The van der Waals surface area contributed by atoms with Gasteiger partial charge in [-0.25, -0.2) is 0 Å². The lowest BCUT2D eigenvalue weighted by Crippen LogP contribution is -2.45. The number of carbonyl (C=O) groups excluding carboxylic acids is 1. The Balaban J connectivity index is 1.53. The zero-order valence-electron chi connectivity index (χ0n) is 14.9. The number of amides is 1. The molecule has 0 bridgehead atoms. The van der Waals surface area contributed by atoms with Crippen molar-refractivity contribution in [2.75, 3.05) is 33.9 Å². The summed E-state index contributed by atoms with van der Waals surface area (Å²) in [5.74, 6) is 1.29. The summed E-state index contributed by atoms with van der Waals surface area (Å²) >= 11 is 0. The van der Waals surface area contributed by atoms with Crippen molar-refractivity contribution in [3.05, 3.63) is 29.8 Å². The Bertz CT molecular complexity index is 630. The molecule has 6 heteroatoms. The highest BCUT2D eigenvalue weighted by atomic mass is 16.6. The average Bonchev–Trinajstić information content (AvgIpc) is 3.10. The van der Waals surface area contributed by atoms with Gasteiger partial charge in [0.2, 0.25) is 6.10 Å². The largest absolute Gasteiger partial charge is 0.497 e. The van der Waals surface area contributed by atoms with Gasteiger partial charge in [-0.1, -0.05) is 17.3 Å². The molecule has 1 amide bonds. The highest BCUT2D eigenvalue weighted by Gasteiger charge is 2.34. The molecule has 0 N–H and O–H groups in total. The minimum absolute atomic E-state index is 0.0465. The molecule has 2 heterocycles. The molecular formula is C19H26N2O4. The first-order valence-corrected chi connectivity index (χ1v) is 8.82. The zero-order valence-corrected chi connectivity index (χ0v) is 14.9. The molecule has 3 rings (SSSR count). The average molecular weight is 346 g/mol. The molecule has 0 saturated carbocycles. The molecule has 2 aliphatic heterocycles. The molecule has 2 atom stereocenters. The van der Waals surface area contributed by atoms with E-state index in [4.69, 9.17) is 14.3 Å². The second-order valence-corrected chi connectivity index (χ2v) is 6.73. The van der Waals surface area contributed by atoms with Crippen LogP contribution in [0.2, 0.25) is 0 Å². The lowest BCUT2D eigenvalue weighted by Gasteiger charge is -2.33. The van der Waals surface area contributed by atoms with E-state index in [1.54, 1.807) is 14.2 Å². The number of oxime groups is 1. The normalized spacial score (nSPS) is 23.1. The number of likely N-dealkylation sites (tertiary alicyclic amines) is 1. The second kappa shape index (κ2) is 8.34. The highest BCUT2D eigenvalue weighted by molar-refractivity contribution is 5.94. The van der Waals surface area contributed by atoms with Crippen LogP contribution in [-0.2, 0) is 20.8 Å². The van der Waals surface area contributed by atoms with Gasteiger partial charge < -0.3 is 19.2 Å². The summed E-state index contributed by atoms with van der Waals surface area (Å²) in [6.45, 7) is 2.24. The SMILES string of the molecule is COC[C@@H]1CCCN(C(=O)[C@@H]2CC(Cc3cccc(OC)c3)=NO2)C1. The van der Waals surface area contributed by atoms with Crippen LogP contribution in [-0.4, -0.2) is 56.5 Å². The highest BCUT2D eigenvalue weighted by Crippen LogP contribution is 2.22. The lowest BCUT2D eigenvalue weighted by atomic mass is 9.97. The minimum atomic E-state index is -0.484. The molecule has 0 unspecified atom stereocenters. The first kappa shape index (κ1) is 17.7. The fraction of sp³-hybridized carbons (Fsp3) is 0.579. The maximum absolute atomic E-state index is 12.7. The van der Waals surface area contributed by atoms with Crippen molar-refractivity contribution in [2.45, 2.75) is 31.8 Å². The predicted molar refractivity (Wildman–Crippen MR) is 94.8 cm³/mol. The van der Waals surface area contributed by atoms with E-state index in [0.29, 0.717) is 25.4 Å². The van der Waals surface area contributed by atoms with Crippen LogP contribution in [0.4, 0.5) is 0 Å². The molecule has 1 aromatic rings. The van der Waals surface area contributed by atoms with Crippen LogP contribution in [0, 0.1) is 5.92 Å². The molecule has 0 aromatic heterocycles. The molecule has 0 radical (unpaired) electrons. The number of nitrogens with zero attached hydrogens (tertiary/aromatic N) is 2. The Kier molecular flexibility index (Phi) is 5.91. The standard InChI is InChI=1S/C19H26N2O4/c1-23-13-15-6-4-8-21(12-15)19(22)18-11-16(20-25-18)9-14-5-3-7-17(10-14)24-2/h3,5,7,10,15,18H,4,6,8-9,11-13H2,1-2H3/t15-,18+/m1/s1. The molecule has 1 aromatic carbocycles. The van der Waals surface area contributed by atoms with Crippen LogP contribution in [0.25, 0.3) is 0 Å². The van der Waals surface area contributed by atoms with Crippen molar-refractivity contribution < 1.29 is 19.1 Å². The maximum atomic E-state index is 12.7.